The molecule has 2 atom stereocenters. The lowest BCUT2D eigenvalue weighted by Gasteiger charge is -2.26. The van der Waals surface area contributed by atoms with Crippen molar-refractivity contribution in [3.05, 3.63) is 34.9 Å². The second-order valence-electron chi connectivity index (χ2n) is 3.42. The molecule has 1 aromatic rings. The molecule has 7 heteroatoms. The van der Waals surface area contributed by atoms with Crippen molar-refractivity contribution < 1.29 is 13.5 Å². The standard InChI is InChI=1S/C10H11BrClIO3S/c1-2-17(15,16)10(11,13)9(14)7-3-5-8(12)6-4-7/h3-6,9,14H,2H2,1H3/t9-,10-/m1/s1. The van der Waals surface area contributed by atoms with Gasteiger partial charge in [0, 0.05) is 10.8 Å². The van der Waals surface area contributed by atoms with Crippen LogP contribution in [0.4, 0.5) is 0 Å². The zero-order chi connectivity index (χ0) is 13.3. The van der Waals surface area contributed by atoms with Gasteiger partial charge < -0.3 is 5.11 Å². The van der Waals surface area contributed by atoms with Crippen molar-refractivity contribution in [1.29, 1.82) is 0 Å². The van der Waals surface area contributed by atoms with E-state index in [1.807, 2.05) is 0 Å². The molecule has 17 heavy (non-hydrogen) atoms. The van der Waals surface area contributed by atoms with Gasteiger partial charge in [-0.15, -0.1) is 0 Å². The number of halogens is 3. The van der Waals surface area contributed by atoms with Gasteiger partial charge in [-0.05, 0) is 40.3 Å². The van der Waals surface area contributed by atoms with Gasteiger partial charge in [0.05, 0.1) is 0 Å². The Balaban J connectivity index is 3.12. The Bertz CT molecular complexity index is 487. The van der Waals surface area contributed by atoms with Crippen LogP contribution < -0.4 is 0 Å². The lowest BCUT2D eigenvalue weighted by Crippen LogP contribution is -2.33. The summed E-state index contributed by atoms with van der Waals surface area (Å²) in [6.07, 6.45) is -1.16. The first-order valence-corrected chi connectivity index (χ1v) is 8.66. The van der Waals surface area contributed by atoms with Gasteiger partial charge in [-0.3, -0.25) is 0 Å². The van der Waals surface area contributed by atoms with Crippen LogP contribution in [0, 0.1) is 0 Å². The van der Waals surface area contributed by atoms with Crippen LogP contribution in [0.3, 0.4) is 0 Å². The maximum atomic E-state index is 11.9. The Morgan fingerprint density at radius 1 is 1.47 bits per heavy atom. The van der Waals surface area contributed by atoms with E-state index in [1.165, 1.54) is 0 Å². The lowest BCUT2D eigenvalue weighted by molar-refractivity contribution is 0.191. The van der Waals surface area contributed by atoms with Gasteiger partial charge in [0.1, 0.15) is 6.10 Å². The molecule has 0 aromatic heterocycles. The molecule has 0 bridgehead atoms. The van der Waals surface area contributed by atoms with Gasteiger partial charge in [-0.1, -0.05) is 46.6 Å². The molecule has 0 fully saturated rings. The third-order valence-electron chi connectivity index (χ3n) is 2.30. The summed E-state index contributed by atoms with van der Waals surface area (Å²) in [7, 11) is -3.43. The van der Waals surface area contributed by atoms with Crippen LogP contribution in [-0.2, 0) is 9.84 Å². The van der Waals surface area contributed by atoms with E-state index in [0.717, 1.165) is 0 Å². The van der Waals surface area contributed by atoms with Gasteiger partial charge in [0.15, 0.2) is 9.84 Å². The predicted molar refractivity (Wildman–Crippen MR) is 81.6 cm³/mol. The molecular formula is C10H11BrClIO3S. The number of hydrogen-bond acceptors (Lipinski definition) is 3. The van der Waals surface area contributed by atoms with Crippen molar-refractivity contribution in [1.82, 2.24) is 0 Å². The van der Waals surface area contributed by atoms with Crippen molar-refractivity contribution in [2.75, 3.05) is 5.75 Å². The Morgan fingerprint density at radius 3 is 2.35 bits per heavy atom. The van der Waals surface area contributed by atoms with E-state index in [2.05, 4.69) is 15.9 Å². The highest BCUT2D eigenvalue weighted by molar-refractivity contribution is 14.1. The Morgan fingerprint density at radius 2 is 1.94 bits per heavy atom. The topological polar surface area (TPSA) is 54.4 Å². The smallest absolute Gasteiger partial charge is 0.207 e. The van der Waals surface area contributed by atoms with Crippen molar-refractivity contribution in [2.24, 2.45) is 0 Å². The highest BCUT2D eigenvalue weighted by atomic mass is 127. The minimum atomic E-state index is -3.43. The molecule has 0 radical (unpaired) electrons. The molecule has 0 aliphatic heterocycles. The Labute approximate surface area is 128 Å². The van der Waals surface area contributed by atoms with E-state index in [9.17, 15) is 13.5 Å². The molecule has 0 unspecified atom stereocenters. The molecule has 0 amide bonds. The van der Waals surface area contributed by atoms with Gasteiger partial charge in [0.25, 0.3) is 0 Å². The molecule has 1 aromatic carbocycles. The predicted octanol–water partition coefficient (Wildman–Crippen LogP) is 3.29. The van der Waals surface area contributed by atoms with Crippen LogP contribution in [0.5, 0.6) is 0 Å². The minimum absolute atomic E-state index is 0.0498. The number of alkyl halides is 2. The van der Waals surface area contributed by atoms with E-state index in [-0.39, 0.29) is 5.75 Å². The summed E-state index contributed by atoms with van der Waals surface area (Å²) in [6.45, 7) is 1.54. The van der Waals surface area contributed by atoms with Crippen LogP contribution in [0.1, 0.15) is 18.6 Å². The van der Waals surface area contributed by atoms with Gasteiger partial charge in [-0.2, -0.15) is 0 Å². The van der Waals surface area contributed by atoms with Crippen LogP contribution in [0.15, 0.2) is 24.3 Å². The molecule has 0 aliphatic carbocycles. The summed E-state index contributed by atoms with van der Waals surface area (Å²) in [5, 5.41) is 10.7. The Kier molecular flexibility index (Phi) is 5.29. The van der Waals surface area contributed by atoms with E-state index < -0.39 is 17.6 Å². The summed E-state index contributed by atoms with van der Waals surface area (Å²) in [6, 6.07) is 6.43. The van der Waals surface area contributed by atoms with Crippen molar-refractivity contribution in [3.8, 4) is 0 Å². The van der Waals surface area contributed by atoms with Crippen LogP contribution in [0.25, 0.3) is 0 Å². The highest BCUT2D eigenvalue weighted by Crippen LogP contribution is 2.45. The maximum Gasteiger partial charge on any atom is 0.207 e. The molecule has 1 rings (SSSR count). The summed E-state index contributed by atoms with van der Waals surface area (Å²) in [4.78, 5) is 0. The minimum Gasteiger partial charge on any atom is -0.385 e. The van der Waals surface area contributed by atoms with E-state index in [0.29, 0.717) is 10.6 Å². The number of hydrogen-bond donors (Lipinski definition) is 1. The van der Waals surface area contributed by atoms with E-state index in [1.54, 1.807) is 53.8 Å². The van der Waals surface area contributed by atoms with Gasteiger partial charge in [-0.25, -0.2) is 8.42 Å². The van der Waals surface area contributed by atoms with Crippen LogP contribution >= 0.6 is 50.1 Å². The first-order valence-electron chi connectivity index (χ1n) is 4.76. The number of aliphatic hydroxyl groups excluding tert-OH is 1. The number of sulfone groups is 1. The third-order valence-corrected chi connectivity index (χ3v) is 8.88. The van der Waals surface area contributed by atoms with Crippen LogP contribution in [0.2, 0.25) is 5.02 Å². The molecule has 0 saturated carbocycles. The largest absolute Gasteiger partial charge is 0.385 e. The fourth-order valence-electron chi connectivity index (χ4n) is 1.20. The summed E-state index contributed by atoms with van der Waals surface area (Å²) in [5.41, 5.74) is 0.498. The molecule has 0 saturated heterocycles. The second kappa shape index (κ2) is 5.73. The first-order chi connectivity index (χ1) is 7.72. The SMILES string of the molecule is CCS(=O)(=O)[C@](Br)(I)[C@H](O)c1ccc(Cl)cc1. The average molecular weight is 454 g/mol. The van der Waals surface area contributed by atoms with Crippen molar-refractivity contribution in [3.63, 3.8) is 0 Å². The molecule has 96 valence electrons. The number of rotatable bonds is 4. The molecule has 0 heterocycles. The fourth-order valence-corrected chi connectivity index (χ4v) is 4.43. The summed E-state index contributed by atoms with van der Waals surface area (Å²) < 4.78 is 22.3. The van der Waals surface area contributed by atoms with Gasteiger partial charge >= 0.3 is 0 Å². The Hall–Kier alpha value is 0.630. The van der Waals surface area contributed by atoms with E-state index in [4.69, 9.17) is 11.6 Å². The fraction of sp³-hybridized carbons (Fsp3) is 0.400. The third kappa shape index (κ3) is 3.34. The number of aliphatic hydroxyl groups is 1. The summed E-state index contributed by atoms with van der Waals surface area (Å²) >= 11 is 10.5. The van der Waals surface area contributed by atoms with Crippen molar-refractivity contribution >= 4 is 60.0 Å². The maximum absolute atomic E-state index is 11.9. The molecule has 3 nitrogen and oxygen atoms in total. The molecule has 0 aliphatic rings. The second-order valence-corrected chi connectivity index (χ2v) is 12.0. The van der Waals surface area contributed by atoms with Crippen LogP contribution in [-0.4, -0.2) is 20.9 Å². The van der Waals surface area contributed by atoms with Gasteiger partial charge in [0.2, 0.25) is 1.66 Å². The normalized spacial score (nSPS) is 17.5. The zero-order valence-electron chi connectivity index (χ0n) is 8.90. The monoisotopic (exact) mass is 452 g/mol. The quantitative estimate of drug-likeness (QED) is 0.562. The first kappa shape index (κ1) is 15.7. The zero-order valence-corrected chi connectivity index (χ0v) is 14.2. The molecule has 0 spiro atoms. The lowest BCUT2D eigenvalue weighted by atomic mass is 10.1. The average Bonchev–Trinajstić information content (AvgIpc) is 2.28. The van der Waals surface area contributed by atoms with E-state index >= 15 is 0 Å². The molecule has 1 N–H and O–H groups in total. The summed E-state index contributed by atoms with van der Waals surface area (Å²) in [5.74, 6) is -0.0498. The highest BCUT2D eigenvalue weighted by Gasteiger charge is 2.44. The number of benzene rings is 1. The molecular weight excluding hydrogens is 442 g/mol. The van der Waals surface area contributed by atoms with Crippen molar-refractivity contribution in [2.45, 2.75) is 14.7 Å².